The summed E-state index contributed by atoms with van der Waals surface area (Å²) in [6.45, 7) is 5.48. The number of aromatic nitrogens is 2. The molecule has 0 fully saturated rings. The Kier molecular flexibility index (Phi) is 5.51. The number of hydrogen-bond acceptors (Lipinski definition) is 5. The molecule has 3 amide bonds. The quantitative estimate of drug-likeness (QED) is 0.521. The van der Waals surface area contributed by atoms with Crippen LogP contribution in [0.15, 0.2) is 52.4 Å². The largest absolute Gasteiger partial charge is 0.351 e. The first-order valence-electron chi connectivity index (χ1n) is 8.64. The van der Waals surface area contributed by atoms with Crippen molar-refractivity contribution in [1.82, 2.24) is 14.9 Å². The molecule has 0 saturated heterocycles. The Morgan fingerprint density at radius 1 is 1.18 bits per heavy atom. The summed E-state index contributed by atoms with van der Waals surface area (Å²) >= 11 is 1.09. The summed E-state index contributed by atoms with van der Waals surface area (Å²) in [5.74, 6) is -0.549. The van der Waals surface area contributed by atoms with Crippen molar-refractivity contribution in [3.8, 4) is 5.69 Å². The van der Waals surface area contributed by atoms with Gasteiger partial charge < -0.3 is 5.73 Å². The van der Waals surface area contributed by atoms with E-state index >= 15 is 0 Å². The lowest BCUT2D eigenvalue weighted by molar-refractivity contribution is -0.119. The van der Waals surface area contributed by atoms with E-state index in [2.05, 4.69) is 10.3 Å². The maximum Gasteiger partial charge on any atom is 0.318 e. The Balaban J connectivity index is 2.20. The van der Waals surface area contributed by atoms with E-state index in [0.717, 1.165) is 22.9 Å². The molecule has 0 aliphatic rings. The summed E-state index contributed by atoms with van der Waals surface area (Å²) in [6, 6.07) is 12.0. The fourth-order valence-corrected chi connectivity index (χ4v) is 3.72. The molecule has 7 nitrogen and oxygen atoms in total. The van der Waals surface area contributed by atoms with Gasteiger partial charge in [0.1, 0.15) is 0 Å². The Morgan fingerprint density at radius 3 is 2.61 bits per heavy atom. The van der Waals surface area contributed by atoms with Crippen LogP contribution in [0.3, 0.4) is 0 Å². The number of benzene rings is 2. The first-order chi connectivity index (χ1) is 13.3. The molecule has 0 aliphatic carbocycles. The highest BCUT2D eigenvalue weighted by Crippen LogP contribution is 2.26. The smallest absolute Gasteiger partial charge is 0.318 e. The summed E-state index contributed by atoms with van der Waals surface area (Å²) in [4.78, 5) is 41.0. The lowest BCUT2D eigenvalue weighted by Crippen LogP contribution is -2.39. The first kappa shape index (κ1) is 19.6. The molecule has 3 aromatic rings. The molecule has 0 aliphatic heterocycles. The zero-order chi connectivity index (χ0) is 20.4. The Bertz CT molecular complexity index is 1140. The molecule has 28 heavy (non-hydrogen) atoms. The van der Waals surface area contributed by atoms with E-state index in [-0.39, 0.29) is 5.56 Å². The van der Waals surface area contributed by atoms with E-state index in [1.807, 2.05) is 32.0 Å². The van der Waals surface area contributed by atoms with Crippen LogP contribution < -0.4 is 16.6 Å². The van der Waals surface area contributed by atoms with Gasteiger partial charge in [0.25, 0.3) is 5.56 Å². The minimum absolute atomic E-state index is 0.218. The molecule has 1 atom stereocenters. The molecule has 0 spiro atoms. The molecule has 8 heteroatoms. The zero-order valence-corrected chi connectivity index (χ0v) is 16.5. The van der Waals surface area contributed by atoms with Gasteiger partial charge in [-0.1, -0.05) is 36.0 Å². The molecule has 0 radical (unpaired) electrons. The molecule has 3 N–H and O–H groups in total. The van der Waals surface area contributed by atoms with Gasteiger partial charge in [0.2, 0.25) is 5.91 Å². The van der Waals surface area contributed by atoms with Crippen LogP contribution in [-0.4, -0.2) is 26.7 Å². The van der Waals surface area contributed by atoms with Crippen molar-refractivity contribution in [3.05, 3.63) is 63.9 Å². The van der Waals surface area contributed by atoms with Gasteiger partial charge in [0.05, 0.1) is 21.8 Å². The van der Waals surface area contributed by atoms with Crippen LogP contribution in [0.2, 0.25) is 0 Å². The molecule has 3 rings (SSSR count). The summed E-state index contributed by atoms with van der Waals surface area (Å²) in [6.07, 6.45) is 0. The molecular weight excluding hydrogens is 376 g/mol. The van der Waals surface area contributed by atoms with Crippen LogP contribution in [0.1, 0.15) is 18.1 Å². The third-order valence-electron chi connectivity index (χ3n) is 4.25. The van der Waals surface area contributed by atoms with E-state index in [9.17, 15) is 14.4 Å². The molecule has 1 aromatic heterocycles. The fourth-order valence-electron chi connectivity index (χ4n) is 2.80. The van der Waals surface area contributed by atoms with Gasteiger partial charge in [0.15, 0.2) is 5.16 Å². The predicted molar refractivity (Wildman–Crippen MR) is 110 cm³/mol. The number of carbonyl (C=O) groups is 2. The number of primary amides is 1. The topological polar surface area (TPSA) is 107 Å². The van der Waals surface area contributed by atoms with Crippen LogP contribution in [0, 0.1) is 13.8 Å². The standard InChI is InChI=1S/C20H20N4O3S/c1-11-8-9-12(2)16(10-11)24-18(26)14-6-4-5-7-15(14)22-20(24)28-13(3)17(25)23-19(21)27/h4-10,13H,1-3H3,(H3,21,23,25,27)/t13-/m1/s1. The van der Waals surface area contributed by atoms with Crippen molar-refractivity contribution in [2.24, 2.45) is 5.73 Å². The van der Waals surface area contributed by atoms with Gasteiger partial charge in [0, 0.05) is 0 Å². The monoisotopic (exact) mass is 396 g/mol. The molecule has 2 aromatic carbocycles. The van der Waals surface area contributed by atoms with E-state index in [0.29, 0.717) is 21.7 Å². The van der Waals surface area contributed by atoms with Gasteiger partial charge in [-0.15, -0.1) is 0 Å². The number of fused-ring (bicyclic) bond motifs is 1. The van der Waals surface area contributed by atoms with Crippen molar-refractivity contribution in [2.45, 2.75) is 31.2 Å². The van der Waals surface area contributed by atoms with Crippen molar-refractivity contribution in [1.29, 1.82) is 0 Å². The van der Waals surface area contributed by atoms with Gasteiger partial charge in [-0.05, 0) is 50.1 Å². The van der Waals surface area contributed by atoms with Crippen LogP contribution in [0.4, 0.5) is 4.79 Å². The van der Waals surface area contributed by atoms with Crippen LogP contribution in [0.25, 0.3) is 16.6 Å². The summed E-state index contributed by atoms with van der Waals surface area (Å²) in [5.41, 5.74) is 7.95. The second-order valence-electron chi connectivity index (χ2n) is 6.46. The van der Waals surface area contributed by atoms with E-state index < -0.39 is 17.2 Å². The van der Waals surface area contributed by atoms with E-state index in [1.165, 1.54) is 4.57 Å². The summed E-state index contributed by atoms with van der Waals surface area (Å²) in [7, 11) is 0. The minimum Gasteiger partial charge on any atom is -0.351 e. The normalized spacial score (nSPS) is 12.0. The highest BCUT2D eigenvalue weighted by Gasteiger charge is 2.21. The number of carbonyl (C=O) groups excluding carboxylic acids is 2. The molecule has 0 saturated carbocycles. The number of amides is 3. The second-order valence-corrected chi connectivity index (χ2v) is 7.76. The van der Waals surface area contributed by atoms with Gasteiger partial charge in [-0.25, -0.2) is 9.78 Å². The van der Waals surface area contributed by atoms with E-state index in [4.69, 9.17) is 5.73 Å². The SMILES string of the molecule is Cc1ccc(C)c(-n2c(S[C@H](C)C(=O)NC(N)=O)nc3ccccc3c2=O)c1. The number of thioether (sulfide) groups is 1. The molecule has 0 unspecified atom stereocenters. The first-order valence-corrected chi connectivity index (χ1v) is 9.52. The average molecular weight is 396 g/mol. The number of nitrogens with two attached hydrogens (primary N) is 1. The maximum atomic E-state index is 13.3. The fraction of sp³-hybridized carbons (Fsp3) is 0.200. The highest BCUT2D eigenvalue weighted by molar-refractivity contribution is 8.00. The van der Waals surface area contributed by atoms with Crippen molar-refractivity contribution < 1.29 is 9.59 Å². The third-order valence-corrected chi connectivity index (χ3v) is 5.30. The number of para-hydroxylation sites is 1. The summed E-state index contributed by atoms with van der Waals surface area (Å²) in [5, 5.41) is 2.23. The number of aryl methyl sites for hydroxylation is 2. The number of urea groups is 1. The maximum absolute atomic E-state index is 13.3. The second kappa shape index (κ2) is 7.85. The van der Waals surface area contributed by atoms with Crippen molar-refractivity contribution in [2.75, 3.05) is 0 Å². The van der Waals surface area contributed by atoms with Crippen LogP contribution in [0.5, 0.6) is 0 Å². The van der Waals surface area contributed by atoms with Crippen molar-refractivity contribution in [3.63, 3.8) is 0 Å². The number of rotatable bonds is 4. The third kappa shape index (κ3) is 3.91. The van der Waals surface area contributed by atoms with Crippen LogP contribution >= 0.6 is 11.8 Å². The number of hydrogen-bond donors (Lipinski definition) is 2. The van der Waals surface area contributed by atoms with Crippen molar-refractivity contribution >= 4 is 34.6 Å². The number of imide groups is 1. The zero-order valence-electron chi connectivity index (χ0n) is 15.7. The molecular formula is C20H20N4O3S. The molecule has 1 heterocycles. The Labute approximate surface area is 166 Å². The molecule has 144 valence electrons. The molecule has 0 bridgehead atoms. The lowest BCUT2D eigenvalue weighted by Gasteiger charge is -2.17. The minimum atomic E-state index is -0.921. The average Bonchev–Trinajstić information content (AvgIpc) is 2.64. The van der Waals surface area contributed by atoms with E-state index in [1.54, 1.807) is 31.2 Å². The Hall–Kier alpha value is -3.13. The Morgan fingerprint density at radius 2 is 1.89 bits per heavy atom. The number of nitrogens with one attached hydrogen (secondary N) is 1. The highest BCUT2D eigenvalue weighted by atomic mass is 32.2. The van der Waals surface area contributed by atoms with Gasteiger partial charge in [-0.2, -0.15) is 0 Å². The van der Waals surface area contributed by atoms with Crippen LogP contribution in [-0.2, 0) is 4.79 Å². The van der Waals surface area contributed by atoms with Gasteiger partial charge in [-0.3, -0.25) is 19.5 Å². The summed E-state index contributed by atoms with van der Waals surface area (Å²) < 4.78 is 1.52. The number of nitrogens with zero attached hydrogens (tertiary/aromatic N) is 2. The lowest BCUT2D eigenvalue weighted by atomic mass is 10.1. The van der Waals surface area contributed by atoms with Gasteiger partial charge >= 0.3 is 6.03 Å². The predicted octanol–water partition coefficient (Wildman–Crippen LogP) is 2.68.